The third-order valence-corrected chi connectivity index (χ3v) is 4.37. The van der Waals surface area contributed by atoms with Gasteiger partial charge in [-0.15, -0.1) is 0 Å². The summed E-state index contributed by atoms with van der Waals surface area (Å²) in [6, 6.07) is 5.54. The number of rotatable bonds is 5. The number of ether oxygens (including phenoxy) is 1. The summed E-state index contributed by atoms with van der Waals surface area (Å²) in [5.74, 6) is 0.773. The fourth-order valence-corrected chi connectivity index (χ4v) is 2.90. The van der Waals surface area contributed by atoms with Gasteiger partial charge in [0, 0.05) is 13.1 Å². The second-order valence-electron chi connectivity index (χ2n) is 4.38. The highest BCUT2D eigenvalue weighted by atomic mass is 79.9. The van der Waals surface area contributed by atoms with Crippen molar-refractivity contribution in [1.82, 2.24) is 9.78 Å². The van der Waals surface area contributed by atoms with E-state index in [4.69, 9.17) is 16.3 Å². The van der Waals surface area contributed by atoms with E-state index in [0.717, 1.165) is 33.7 Å². The zero-order chi connectivity index (χ0) is 14.7. The highest BCUT2D eigenvalue weighted by molar-refractivity contribution is 9.10. The molecule has 108 valence electrons. The Morgan fingerprint density at radius 3 is 2.80 bits per heavy atom. The first-order chi connectivity index (χ1) is 9.56. The fourth-order valence-electron chi connectivity index (χ4n) is 1.96. The van der Waals surface area contributed by atoms with Crippen LogP contribution in [0.4, 0.5) is 5.69 Å². The van der Waals surface area contributed by atoms with E-state index < -0.39 is 0 Å². The number of nitrogens with one attached hydrogen (secondary N) is 1. The Labute approximate surface area is 132 Å². The average molecular weight is 359 g/mol. The molecule has 0 spiro atoms. The molecule has 1 aromatic carbocycles. The van der Waals surface area contributed by atoms with Gasteiger partial charge in [0.25, 0.3) is 0 Å². The Bertz CT molecular complexity index is 613. The van der Waals surface area contributed by atoms with Crippen molar-refractivity contribution in [3.05, 3.63) is 39.1 Å². The molecule has 6 heteroatoms. The van der Waals surface area contributed by atoms with Gasteiger partial charge < -0.3 is 10.1 Å². The Balaban J connectivity index is 2.18. The van der Waals surface area contributed by atoms with Crippen molar-refractivity contribution in [1.29, 1.82) is 0 Å². The maximum Gasteiger partial charge on any atom is 0.121 e. The molecule has 2 rings (SSSR count). The minimum atomic E-state index is 0.636. The number of anilines is 1. The highest BCUT2D eigenvalue weighted by Crippen LogP contribution is 2.28. The second kappa shape index (κ2) is 6.50. The molecule has 20 heavy (non-hydrogen) atoms. The van der Waals surface area contributed by atoms with Crippen molar-refractivity contribution >= 4 is 33.2 Å². The van der Waals surface area contributed by atoms with E-state index in [1.165, 1.54) is 0 Å². The van der Waals surface area contributed by atoms with Crippen LogP contribution in [0.3, 0.4) is 0 Å². The Morgan fingerprint density at radius 2 is 2.20 bits per heavy atom. The van der Waals surface area contributed by atoms with Crippen LogP contribution >= 0.6 is 27.5 Å². The zero-order valence-electron chi connectivity index (χ0n) is 11.7. The maximum atomic E-state index is 6.18. The van der Waals surface area contributed by atoms with Gasteiger partial charge in [0.15, 0.2) is 0 Å². The summed E-state index contributed by atoms with van der Waals surface area (Å²) in [6.07, 6.45) is 0.897. The van der Waals surface area contributed by atoms with Gasteiger partial charge in [0.2, 0.25) is 0 Å². The van der Waals surface area contributed by atoms with Gasteiger partial charge in [-0.05, 0) is 34.5 Å². The zero-order valence-corrected chi connectivity index (χ0v) is 14.0. The van der Waals surface area contributed by atoms with Crippen LogP contribution in [0.2, 0.25) is 5.02 Å². The molecule has 0 atom stereocenters. The van der Waals surface area contributed by atoms with Crippen LogP contribution < -0.4 is 10.1 Å². The second-order valence-corrected chi connectivity index (χ2v) is 5.58. The van der Waals surface area contributed by atoms with Crippen molar-refractivity contribution in [3.63, 3.8) is 0 Å². The average Bonchev–Trinajstić information content (AvgIpc) is 2.73. The lowest BCUT2D eigenvalue weighted by atomic mass is 10.2. The first-order valence-electron chi connectivity index (χ1n) is 6.34. The molecule has 4 nitrogen and oxygen atoms in total. The van der Waals surface area contributed by atoms with E-state index in [1.54, 1.807) is 7.11 Å². The molecule has 0 bridgehead atoms. The molecule has 0 saturated heterocycles. The third kappa shape index (κ3) is 3.10. The summed E-state index contributed by atoms with van der Waals surface area (Å²) in [4.78, 5) is 0. The molecule has 0 aliphatic rings. The number of hydrogen-bond donors (Lipinski definition) is 1. The molecular weight excluding hydrogens is 342 g/mol. The van der Waals surface area contributed by atoms with Crippen molar-refractivity contribution in [3.8, 4) is 5.75 Å². The van der Waals surface area contributed by atoms with Crippen LogP contribution in [0.5, 0.6) is 5.75 Å². The SMILES string of the molecule is CCc1nn(C)c(CNc2cc(OC)ccc2Cl)c1Br. The Morgan fingerprint density at radius 1 is 1.45 bits per heavy atom. The monoisotopic (exact) mass is 357 g/mol. The molecule has 2 aromatic rings. The minimum Gasteiger partial charge on any atom is -0.497 e. The maximum absolute atomic E-state index is 6.18. The molecule has 0 amide bonds. The van der Waals surface area contributed by atoms with Gasteiger partial charge in [-0.2, -0.15) is 5.10 Å². The number of nitrogens with zero attached hydrogens (tertiary/aromatic N) is 2. The quantitative estimate of drug-likeness (QED) is 0.877. The summed E-state index contributed by atoms with van der Waals surface area (Å²) in [7, 11) is 3.58. The van der Waals surface area contributed by atoms with Crippen molar-refractivity contribution < 1.29 is 4.74 Å². The standard InChI is InChI=1S/C14H17BrClN3O/c1-4-11-14(15)13(19(2)18-11)8-17-12-7-9(20-3)5-6-10(12)16/h5-7,17H,4,8H2,1-3H3. The largest absolute Gasteiger partial charge is 0.497 e. The minimum absolute atomic E-state index is 0.636. The molecular formula is C14H17BrClN3O. The highest BCUT2D eigenvalue weighted by Gasteiger charge is 2.12. The van der Waals surface area contributed by atoms with Crippen LogP contribution in [-0.2, 0) is 20.0 Å². The van der Waals surface area contributed by atoms with Gasteiger partial charge >= 0.3 is 0 Å². The Hall–Kier alpha value is -1.20. The molecule has 0 radical (unpaired) electrons. The number of halogens is 2. The number of hydrogen-bond acceptors (Lipinski definition) is 3. The first-order valence-corrected chi connectivity index (χ1v) is 7.51. The predicted octanol–water partition coefficient (Wildman–Crippen LogP) is 4.02. The van der Waals surface area contributed by atoms with E-state index in [1.807, 2.05) is 29.9 Å². The number of aromatic nitrogens is 2. The van der Waals surface area contributed by atoms with Gasteiger partial charge in [-0.25, -0.2) is 0 Å². The number of benzene rings is 1. The fraction of sp³-hybridized carbons (Fsp3) is 0.357. The third-order valence-electron chi connectivity index (χ3n) is 3.12. The van der Waals surface area contributed by atoms with Crippen LogP contribution in [0.1, 0.15) is 18.3 Å². The van der Waals surface area contributed by atoms with Crippen LogP contribution in [-0.4, -0.2) is 16.9 Å². The molecule has 0 fully saturated rings. The molecule has 0 saturated carbocycles. The van der Waals surface area contributed by atoms with Crippen LogP contribution in [0, 0.1) is 0 Å². The van der Waals surface area contributed by atoms with Crippen molar-refractivity contribution in [2.24, 2.45) is 7.05 Å². The van der Waals surface area contributed by atoms with E-state index in [2.05, 4.69) is 33.3 Å². The first kappa shape index (κ1) is 15.2. The normalized spacial score (nSPS) is 10.7. The van der Waals surface area contributed by atoms with Crippen molar-refractivity contribution in [2.75, 3.05) is 12.4 Å². The summed E-state index contributed by atoms with van der Waals surface area (Å²) in [6.45, 7) is 2.72. The summed E-state index contributed by atoms with van der Waals surface area (Å²) in [5.41, 5.74) is 2.99. The van der Waals surface area contributed by atoms with Gasteiger partial charge in [0.1, 0.15) is 5.75 Å². The van der Waals surface area contributed by atoms with E-state index >= 15 is 0 Å². The molecule has 0 aliphatic heterocycles. The van der Waals surface area contributed by atoms with Gasteiger partial charge in [-0.3, -0.25) is 4.68 Å². The van der Waals surface area contributed by atoms with Crippen LogP contribution in [0.25, 0.3) is 0 Å². The molecule has 1 aromatic heterocycles. The van der Waals surface area contributed by atoms with Crippen molar-refractivity contribution in [2.45, 2.75) is 19.9 Å². The topological polar surface area (TPSA) is 39.1 Å². The number of methoxy groups -OCH3 is 1. The molecule has 0 unspecified atom stereocenters. The predicted molar refractivity (Wildman–Crippen MR) is 85.6 cm³/mol. The summed E-state index contributed by atoms with van der Waals surface area (Å²) >= 11 is 9.78. The molecule has 1 N–H and O–H groups in total. The smallest absolute Gasteiger partial charge is 0.121 e. The lowest BCUT2D eigenvalue weighted by molar-refractivity contribution is 0.415. The lowest BCUT2D eigenvalue weighted by Gasteiger charge is -2.10. The summed E-state index contributed by atoms with van der Waals surface area (Å²) < 4.78 is 8.13. The van der Waals surface area contributed by atoms with E-state index in [0.29, 0.717) is 11.6 Å². The molecule has 1 heterocycles. The Kier molecular flexibility index (Phi) is 4.94. The van der Waals surface area contributed by atoms with Crippen LogP contribution in [0.15, 0.2) is 22.7 Å². The summed E-state index contributed by atoms with van der Waals surface area (Å²) in [5, 5.41) is 8.46. The van der Waals surface area contributed by atoms with Gasteiger partial charge in [0.05, 0.1) is 40.2 Å². The molecule has 0 aliphatic carbocycles. The lowest BCUT2D eigenvalue weighted by Crippen LogP contribution is -2.06. The van der Waals surface area contributed by atoms with E-state index in [9.17, 15) is 0 Å². The van der Waals surface area contributed by atoms with Gasteiger partial charge in [-0.1, -0.05) is 18.5 Å². The van der Waals surface area contributed by atoms with E-state index in [-0.39, 0.29) is 0 Å². The number of aryl methyl sites for hydroxylation is 2.